The standard InChI is InChI=1S/C71H136O6/c1-4-7-10-13-16-19-22-24-26-28-30-31-32-33-34-35-36-37-38-39-41-42-44-46-49-52-55-58-61-64-70(73)76-67-68(66-75-69(72)63-60-57-54-51-48-21-18-15-12-9-6-3)77-71(74)65-62-59-56-53-50-47-45-43-40-29-27-25-23-20-17-14-11-8-5-2/h28,30,68H,4-27,29,31-67H2,1-3H3/b30-28-. The van der Waals surface area contributed by atoms with Gasteiger partial charge in [-0.05, 0) is 44.9 Å². The lowest BCUT2D eigenvalue weighted by molar-refractivity contribution is -0.167. The van der Waals surface area contributed by atoms with Gasteiger partial charge in [0.1, 0.15) is 13.2 Å². The fraction of sp³-hybridized carbons (Fsp3) is 0.930. The zero-order valence-corrected chi connectivity index (χ0v) is 52.5. The number of unbranched alkanes of at least 4 members (excludes halogenated alkanes) is 53. The molecule has 77 heavy (non-hydrogen) atoms. The van der Waals surface area contributed by atoms with E-state index in [4.69, 9.17) is 14.2 Å². The van der Waals surface area contributed by atoms with Gasteiger partial charge in [0, 0.05) is 19.3 Å². The molecule has 6 heteroatoms. The van der Waals surface area contributed by atoms with Crippen molar-refractivity contribution in [2.75, 3.05) is 13.2 Å². The molecular formula is C71H136O6. The fourth-order valence-electron chi connectivity index (χ4n) is 11.0. The first kappa shape index (κ1) is 75.2. The van der Waals surface area contributed by atoms with Crippen molar-refractivity contribution in [1.29, 1.82) is 0 Å². The summed E-state index contributed by atoms with van der Waals surface area (Å²) >= 11 is 0. The molecule has 0 aromatic rings. The molecule has 1 unspecified atom stereocenters. The summed E-state index contributed by atoms with van der Waals surface area (Å²) in [5, 5.41) is 0. The molecule has 0 saturated carbocycles. The van der Waals surface area contributed by atoms with E-state index in [1.807, 2.05) is 0 Å². The van der Waals surface area contributed by atoms with Crippen molar-refractivity contribution < 1.29 is 28.6 Å². The maximum atomic E-state index is 12.9. The van der Waals surface area contributed by atoms with Gasteiger partial charge in [-0.1, -0.05) is 354 Å². The molecule has 456 valence electrons. The van der Waals surface area contributed by atoms with E-state index in [2.05, 4.69) is 32.9 Å². The van der Waals surface area contributed by atoms with Crippen molar-refractivity contribution in [3.63, 3.8) is 0 Å². The molecule has 6 nitrogen and oxygen atoms in total. The minimum atomic E-state index is -0.764. The molecule has 0 aliphatic heterocycles. The Morgan fingerprint density at radius 3 is 0.649 bits per heavy atom. The highest BCUT2D eigenvalue weighted by atomic mass is 16.6. The quantitative estimate of drug-likeness (QED) is 0.0261. The van der Waals surface area contributed by atoms with E-state index in [0.29, 0.717) is 19.3 Å². The average Bonchev–Trinajstić information content (AvgIpc) is 3.43. The molecule has 0 heterocycles. The van der Waals surface area contributed by atoms with Gasteiger partial charge < -0.3 is 14.2 Å². The maximum Gasteiger partial charge on any atom is 0.306 e. The lowest BCUT2D eigenvalue weighted by Crippen LogP contribution is -2.30. The van der Waals surface area contributed by atoms with Crippen LogP contribution in [0.4, 0.5) is 0 Å². The lowest BCUT2D eigenvalue weighted by atomic mass is 10.0. The van der Waals surface area contributed by atoms with Crippen LogP contribution in [-0.2, 0) is 28.6 Å². The first-order valence-electron chi connectivity index (χ1n) is 35.2. The molecule has 0 aromatic carbocycles. The van der Waals surface area contributed by atoms with E-state index < -0.39 is 6.10 Å². The summed E-state index contributed by atoms with van der Waals surface area (Å²) in [6.07, 6.45) is 79.7. The Morgan fingerprint density at radius 2 is 0.429 bits per heavy atom. The number of hydrogen-bond acceptors (Lipinski definition) is 6. The first-order valence-corrected chi connectivity index (χ1v) is 35.2. The third-order valence-electron chi connectivity index (χ3n) is 16.3. The first-order chi connectivity index (χ1) is 38.0. The summed E-state index contributed by atoms with van der Waals surface area (Å²) in [6, 6.07) is 0. The van der Waals surface area contributed by atoms with Crippen LogP contribution in [0.1, 0.15) is 406 Å². The van der Waals surface area contributed by atoms with E-state index in [9.17, 15) is 14.4 Å². The Balaban J connectivity index is 4.11. The van der Waals surface area contributed by atoms with E-state index in [-0.39, 0.29) is 31.1 Å². The second-order valence-electron chi connectivity index (χ2n) is 24.2. The van der Waals surface area contributed by atoms with Crippen LogP contribution in [0.3, 0.4) is 0 Å². The Morgan fingerprint density at radius 1 is 0.247 bits per heavy atom. The molecule has 0 spiro atoms. The number of esters is 3. The van der Waals surface area contributed by atoms with Crippen LogP contribution in [0, 0.1) is 0 Å². The van der Waals surface area contributed by atoms with Gasteiger partial charge in [-0.3, -0.25) is 14.4 Å². The summed E-state index contributed by atoms with van der Waals surface area (Å²) in [6.45, 7) is 6.72. The molecule has 0 aliphatic carbocycles. The second-order valence-corrected chi connectivity index (χ2v) is 24.2. The summed E-state index contributed by atoms with van der Waals surface area (Å²) in [5.74, 6) is -0.828. The van der Waals surface area contributed by atoms with Gasteiger partial charge in [0.25, 0.3) is 0 Å². The number of rotatable bonds is 66. The number of allylic oxidation sites excluding steroid dienone is 2. The molecule has 0 saturated heterocycles. The van der Waals surface area contributed by atoms with E-state index in [0.717, 1.165) is 57.8 Å². The molecule has 0 amide bonds. The molecular weight excluding hydrogens is 949 g/mol. The highest BCUT2D eigenvalue weighted by Crippen LogP contribution is 2.19. The van der Waals surface area contributed by atoms with Crippen molar-refractivity contribution in [1.82, 2.24) is 0 Å². The smallest absolute Gasteiger partial charge is 0.306 e. The van der Waals surface area contributed by atoms with Crippen LogP contribution in [0.15, 0.2) is 12.2 Å². The lowest BCUT2D eigenvalue weighted by Gasteiger charge is -2.18. The number of ether oxygens (including phenoxy) is 3. The molecule has 0 aliphatic rings. The molecule has 0 bridgehead atoms. The van der Waals surface area contributed by atoms with E-state index >= 15 is 0 Å². The number of carbonyl (C=O) groups excluding carboxylic acids is 3. The molecule has 0 rings (SSSR count). The predicted molar refractivity (Wildman–Crippen MR) is 335 cm³/mol. The normalized spacial score (nSPS) is 12.0. The molecule has 0 radical (unpaired) electrons. The highest BCUT2D eigenvalue weighted by molar-refractivity contribution is 5.71. The van der Waals surface area contributed by atoms with Gasteiger partial charge >= 0.3 is 17.9 Å². The van der Waals surface area contributed by atoms with Gasteiger partial charge in [0.15, 0.2) is 6.10 Å². The number of hydrogen-bond donors (Lipinski definition) is 0. The Hall–Kier alpha value is -1.85. The van der Waals surface area contributed by atoms with Crippen molar-refractivity contribution in [3.05, 3.63) is 12.2 Å². The van der Waals surface area contributed by atoms with Crippen molar-refractivity contribution in [2.24, 2.45) is 0 Å². The van der Waals surface area contributed by atoms with Gasteiger partial charge in [-0.15, -0.1) is 0 Å². The molecule has 0 N–H and O–H groups in total. The van der Waals surface area contributed by atoms with Crippen molar-refractivity contribution in [3.8, 4) is 0 Å². The Kier molecular flexibility index (Phi) is 65.1. The van der Waals surface area contributed by atoms with Crippen LogP contribution in [0.5, 0.6) is 0 Å². The van der Waals surface area contributed by atoms with Gasteiger partial charge in [0.2, 0.25) is 0 Å². The summed E-state index contributed by atoms with van der Waals surface area (Å²) in [7, 11) is 0. The van der Waals surface area contributed by atoms with Gasteiger partial charge in [-0.25, -0.2) is 0 Å². The zero-order valence-electron chi connectivity index (χ0n) is 52.5. The monoisotopic (exact) mass is 1090 g/mol. The van der Waals surface area contributed by atoms with E-state index in [1.165, 1.54) is 308 Å². The third kappa shape index (κ3) is 64.9. The van der Waals surface area contributed by atoms with E-state index in [1.54, 1.807) is 0 Å². The molecule has 1 atom stereocenters. The van der Waals surface area contributed by atoms with Crippen molar-refractivity contribution >= 4 is 17.9 Å². The largest absolute Gasteiger partial charge is 0.462 e. The third-order valence-corrected chi connectivity index (χ3v) is 16.3. The zero-order chi connectivity index (χ0) is 55.7. The molecule has 0 fully saturated rings. The average molecular weight is 1090 g/mol. The Bertz CT molecular complexity index is 1200. The fourth-order valence-corrected chi connectivity index (χ4v) is 11.0. The van der Waals surface area contributed by atoms with Crippen molar-refractivity contribution in [2.45, 2.75) is 412 Å². The maximum absolute atomic E-state index is 12.9. The van der Waals surface area contributed by atoms with Crippen LogP contribution in [0.2, 0.25) is 0 Å². The van der Waals surface area contributed by atoms with Crippen LogP contribution < -0.4 is 0 Å². The molecule has 0 aromatic heterocycles. The summed E-state index contributed by atoms with van der Waals surface area (Å²) in [5.41, 5.74) is 0. The second kappa shape index (κ2) is 66.7. The predicted octanol–water partition coefficient (Wildman–Crippen LogP) is 24.0. The minimum absolute atomic E-state index is 0.0623. The SMILES string of the molecule is CCCCCCCCCC/C=C\CCCCCCCCCCCCCCCCCCCC(=O)OCC(COC(=O)CCCCCCCCCCCCC)OC(=O)CCCCCCCCCCCCCCCCCCCCC. The highest BCUT2D eigenvalue weighted by Gasteiger charge is 2.19. The van der Waals surface area contributed by atoms with Gasteiger partial charge in [-0.2, -0.15) is 0 Å². The number of carbonyl (C=O) groups is 3. The van der Waals surface area contributed by atoms with Crippen LogP contribution >= 0.6 is 0 Å². The summed E-state index contributed by atoms with van der Waals surface area (Å²) in [4.78, 5) is 38.3. The topological polar surface area (TPSA) is 78.9 Å². The Labute approximate surface area is 481 Å². The van der Waals surface area contributed by atoms with Gasteiger partial charge in [0.05, 0.1) is 0 Å². The van der Waals surface area contributed by atoms with Crippen LogP contribution in [-0.4, -0.2) is 37.2 Å². The summed E-state index contributed by atoms with van der Waals surface area (Å²) < 4.78 is 17.0. The van der Waals surface area contributed by atoms with Crippen LogP contribution in [0.25, 0.3) is 0 Å². The minimum Gasteiger partial charge on any atom is -0.462 e.